The molecule has 1 saturated carbocycles. The van der Waals surface area contributed by atoms with Crippen LogP contribution in [0.3, 0.4) is 0 Å². The number of hydrogen-bond donors (Lipinski definition) is 1. The van der Waals surface area contributed by atoms with Gasteiger partial charge in [0.15, 0.2) is 0 Å². The largest absolute Gasteiger partial charge is 0.325 e. The number of amides is 3. The molecule has 2 fully saturated rings. The fourth-order valence-electron chi connectivity index (χ4n) is 2.67. The van der Waals surface area contributed by atoms with Crippen LogP contribution >= 0.6 is 11.8 Å². The SMILES string of the molecule is CCSCCN1C(=O)NC(=O)C12CCCC2. The van der Waals surface area contributed by atoms with Crippen LogP contribution in [-0.2, 0) is 4.79 Å². The van der Waals surface area contributed by atoms with E-state index in [0.717, 1.165) is 37.2 Å². The van der Waals surface area contributed by atoms with E-state index in [1.54, 1.807) is 4.90 Å². The van der Waals surface area contributed by atoms with Gasteiger partial charge in [-0.05, 0) is 18.6 Å². The molecule has 2 rings (SSSR count). The van der Waals surface area contributed by atoms with E-state index in [-0.39, 0.29) is 11.9 Å². The Balaban J connectivity index is 2.07. The van der Waals surface area contributed by atoms with Gasteiger partial charge >= 0.3 is 6.03 Å². The minimum Gasteiger partial charge on any atom is -0.309 e. The number of urea groups is 1. The van der Waals surface area contributed by atoms with Crippen LogP contribution < -0.4 is 5.32 Å². The molecule has 1 saturated heterocycles. The summed E-state index contributed by atoms with van der Waals surface area (Å²) in [7, 11) is 0. The lowest BCUT2D eigenvalue weighted by Crippen LogP contribution is -2.48. The second kappa shape index (κ2) is 4.65. The van der Waals surface area contributed by atoms with Gasteiger partial charge in [0.25, 0.3) is 5.91 Å². The molecule has 0 atom stereocenters. The van der Waals surface area contributed by atoms with E-state index in [1.165, 1.54) is 0 Å². The Kier molecular flexibility index (Phi) is 3.42. The molecule has 1 spiro atoms. The molecule has 1 heterocycles. The molecule has 0 bridgehead atoms. The van der Waals surface area contributed by atoms with Crippen molar-refractivity contribution in [3.05, 3.63) is 0 Å². The third-order valence-corrected chi connectivity index (χ3v) is 4.38. The van der Waals surface area contributed by atoms with E-state index < -0.39 is 5.54 Å². The molecular weight excluding hydrogens is 224 g/mol. The highest BCUT2D eigenvalue weighted by Crippen LogP contribution is 2.38. The topological polar surface area (TPSA) is 49.4 Å². The molecule has 3 amide bonds. The molecule has 90 valence electrons. The van der Waals surface area contributed by atoms with Gasteiger partial charge in [-0.25, -0.2) is 4.79 Å². The van der Waals surface area contributed by atoms with Crippen LogP contribution in [-0.4, -0.2) is 40.4 Å². The summed E-state index contributed by atoms with van der Waals surface area (Å²) in [5, 5.41) is 2.47. The van der Waals surface area contributed by atoms with Crippen molar-refractivity contribution in [1.29, 1.82) is 0 Å². The zero-order chi connectivity index (χ0) is 11.6. The van der Waals surface area contributed by atoms with Gasteiger partial charge in [-0.1, -0.05) is 19.8 Å². The second-order valence-corrected chi connectivity index (χ2v) is 5.74. The number of rotatable bonds is 4. The predicted octanol–water partition coefficient (Wildman–Crippen LogP) is 1.60. The number of carbonyl (C=O) groups excluding carboxylic acids is 2. The first-order chi connectivity index (χ1) is 7.70. The highest BCUT2D eigenvalue weighted by atomic mass is 32.2. The van der Waals surface area contributed by atoms with Gasteiger partial charge in [0, 0.05) is 12.3 Å². The van der Waals surface area contributed by atoms with Gasteiger partial charge in [-0.3, -0.25) is 10.1 Å². The minimum atomic E-state index is -0.495. The zero-order valence-corrected chi connectivity index (χ0v) is 10.4. The molecule has 0 radical (unpaired) electrons. The van der Waals surface area contributed by atoms with Crippen LogP contribution in [0.25, 0.3) is 0 Å². The molecular formula is C11H18N2O2S. The Hall–Kier alpha value is -0.710. The van der Waals surface area contributed by atoms with E-state index >= 15 is 0 Å². The Morgan fingerprint density at radius 1 is 1.38 bits per heavy atom. The van der Waals surface area contributed by atoms with Gasteiger partial charge in [-0.2, -0.15) is 11.8 Å². The predicted molar refractivity (Wildman–Crippen MR) is 64.4 cm³/mol. The molecule has 0 aromatic carbocycles. The number of thioether (sulfide) groups is 1. The quantitative estimate of drug-likeness (QED) is 0.602. The molecule has 16 heavy (non-hydrogen) atoms. The van der Waals surface area contributed by atoms with Crippen molar-refractivity contribution in [2.75, 3.05) is 18.1 Å². The van der Waals surface area contributed by atoms with Crippen LogP contribution in [0.15, 0.2) is 0 Å². The van der Waals surface area contributed by atoms with E-state index in [1.807, 2.05) is 11.8 Å². The van der Waals surface area contributed by atoms with E-state index in [4.69, 9.17) is 0 Å². The Morgan fingerprint density at radius 2 is 2.06 bits per heavy atom. The third kappa shape index (κ3) is 1.81. The van der Waals surface area contributed by atoms with Crippen molar-refractivity contribution in [3.8, 4) is 0 Å². The van der Waals surface area contributed by atoms with E-state index in [0.29, 0.717) is 6.54 Å². The molecule has 1 N–H and O–H groups in total. The summed E-state index contributed by atoms with van der Waals surface area (Å²) >= 11 is 1.81. The summed E-state index contributed by atoms with van der Waals surface area (Å²) in [4.78, 5) is 25.4. The van der Waals surface area contributed by atoms with Crippen molar-refractivity contribution in [3.63, 3.8) is 0 Å². The number of carbonyl (C=O) groups is 2. The molecule has 4 nitrogen and oxygen atoms in total. The molecule has 1 aliphatic heterocycles. The van der Waals surface area contributed by atoms with Gasteiger partial charge in [0.2, 0.25) is 0 Å². The first kappa shape index (κ1) is 11.8. The summed E-state index contributed by atoms with van der Waals surface area (Å²) in [6.07, 6.45) is 3.78. The Labute approximate surface area is 100 Å². The van der Waals surface area contributed by atoms with Crippen LogP contribution in [0.4, 0.5) is 4.79 Å². The first-order valence-corrected chi connectivity index (χ1v) is 7.07. The highest BCUT2D eigenvalue weighted by Gasteiger charge is 2.53. The van der Waals surface area contributed by atoms with Crippen LogP contribution in [0, 0.1) is 0 Å². The molecule has 0 aromatic heterocycles. The first-order valence-electron chi connectivity index (χ1n) is 5.91. The van der Waals surface area contributed by atoms with Crippen LogP contribution in [0.2, 0.25) is 0 Å². The highest BCUT2D eigenvalue weighted by molar-refractivity contribution is 7.99. The fourth-order valence-corrected chi connectivity index (χ4v) is 3.27. The summed E-state index contributed by atoms with van der Waals surface area (Å²) in [6, 6.07) is -0.191. The average molecular weight is 242 g/mol. The van der Waals surface area contributed by atoms with E-state index in [9.17, 15) is 9.59 Å². The lowest BCUT2D eigenvalue weighted by atomic mass is 9.96. The van der Waals surface area contributed by atoms with Crippen molar-refractivity contribution in [2.24, 2.45) is 0 Å². The second-order valence-electron chi connectivity index (χ2n) is 4.35. The van der Waals surface area contributed by atoms with Gasteiger partial charge in [-0.15, -0.1) is 0 Å². The summed E-state index contributed by atoms with van der Waals surface area (Å²) in [5.41, 5.74) is -0.495. The lowest BCUT2D eigenvalue weighted by Gasteiger charge is -2.31. The molecule has 1 aliphatic carbocycles. The maximum absolute atomic E-state index is 11.9. The molecule has 2 aliphatic rings. The van der Waals surface area contributed by atoms with Crippen molar-refractivity contribution >= 4 is 23.7 Å². The Bertz CT molecular complexity index is 300. The van der Waals surface area contributed by atoms with Crippen LogP contribution in [0.5, 0.6) is 0 Å². The van der Waals surface area contributed by atoms with Crippen LogP contribution in [0.1, 0.15) is 32.6 Å². The maximum Gasteiger partial charge on any atom is 0.325 e. The molecule has 0 unspecified atom stereocenters. The minimum absolute atomic E-state index is 0.0727. The monoisotopic (exact) mass is 242 g/mol. The smallest absolute Gasteiger partial charge is 0.309 e. The normalized spacial score (nSPS) is 23.2. The van der Waals surface area contributed by atoms with Gasteiger partial charge in [0.05, 0.1) is 0 Å². The van der Waals surface area contributed by atoms with E-state index in [2.05, 4.69) is 12.2 Å². The summed E-state index contributed by atoms with van der Waals surface area (Å²) < 4.78 is 0. The summed E-state index contributed by atoms with van der Waals surface area (Å²) in [6.45, 7) is 2.79. The summed E-state index contributed by atoms with van der Waals surface area (Å²) in [5.74, 6) is 1.89. The van der Waals surface area contributed by atoms with Crippen molar-refractivity contribution in [1.82, 2.24) is 10.2 Å². The number of imide groups is 1. The number of nitrogens with one attached hydrogen (secondary N) is 1. The number of hydrogen-bond acceptors (Lipinski definition) is 3. The zero-order valence-electron chi connectivity index (χ0n) is 9.62. The molecule has 5 heteroatoms. The lowest BCUT2D eigenvalue weighted by molar-refractivity contribution is -0.126. The molecule has 0 aromatic rings. The average Bonchev–Trinajstić information content (AvgIpc) is 2.81. The maximum atomic E-state index is 11.9. The third-order valence-electron chi connectivity index (χ3n) is 3.50. The number of nitrogens with zero attached hydrogens (tertiary/aromatic N) is 1. The van der Waals surface area contributed by atoms with Crippen molar-refractivity contribution in [2.45, 2.75) is 38.1 Å². The van der Waals surface area contributed by atoms with Gasteiger partial charge < -0.3 is 4.90 Å². The van der Waals surface area contributed by atoms with Gasteiger partial charge in [0.1, 0.15) is 5.54 Å². The van der Waals surface area contributed by atoms with Crippen molar-refractivity contribution < 1.29 is 9.59 Å². The Morgan fingerprint density at radius 3 is 2.69 bits per heavy atom. The fraction of sp³-hybridized carbons (Fsp3) is 0.818. The standard InChI is InChI=1S/C11H18N2O2S/c1-2-16-8-7-13-10(15)12-9(14)11(13)5-3-4-6-11/h2-8H2,1H3,(H,12,14,15).